The highest BCUT2D eigenvalue weighted by molar-refractivity contribution is 7.99. The third-order valence-corrected chi connectivity index (χ3v) is 10.4. The normalized spacial score (nSPS) is 17.2. The molecule has 0 fully saturated rings. The molecule has 1 atom stereocenters. The molecule has 8 rings (SSSR count). The molecule has 3 aliphatic rings. The fourth-order valence-corrected chi connectivity index (χ4v) is 7.76. The second-order valence-electron chi connectivity index (χ2n) is 12.3. The minimum Gasteiger partial charge on any atom is -0.458 e. The van der Waals surface area contributed by atoms with Gasteiger partial charge < -0.3 is 24.2 Å². The van der Waals surface area contributed by atoms with Crippen molar-refractivity contribution >= 4 is 51.6 Å². The molecule has 0 spiro atoms. The maximum absolute atomic E-state index is 13.0. The summed E-state index contributed by atoms with van der Waals surface area (Å²) in [5.74, 6) is -0.707. The van der Waals surface area contributed by atoms with E-state index in [0.717, 1.165) is 46.7 Å². The molecular weight excluding hydrogens is 632 g/mol. The van der Waals surface area contributed by atoms with Crippen molar-refractivity contribution in [2.75, 3.05) is 32.1 Å². The van der Waals surface area contributed by atoms with E-state index in [2.05, 4.69) is 60.3 Å². The molecule has 0 bridgehead atoms. The maximum atomic E-state index is 13.0. The van der Waals surface area contributed by atoms with Gasteiger partial charge in [0.1, 0.15) is 6.61 Å². The van der Waals surface area contributed by atoms with Crippen LogP contribution in [-0.4, -0.2) is 52.7 Å². The largest absolute Gasteiger partial charge is 0.458 e. The summed E-state index contributed by atoms with van der Waals surface area (Å²) in [6.45, 7) is 4.10. The van der Waals surface area contributed by atoms with Gasteiger partial charge in [0.15, 0.2) is 5.60 Å². The van der Waals surface area contributed by atoms with E-state index in [1.165, 1.54) is 21.2 Å². The van der Waals surface area contributed by atoms with Crippen LogP contribution in [0.15, 0.2) is 93.4 Å². The second kappa shape index (κ2) is 12.5. The lowest BCUT2D eigenvalue weighted by atomic mass is 9.86. The number of cyclic esters (lactones) is 1. The van der Waals surface area contributed by atoms with E-state index < -0.39 is 11.6 Å². The number of fused-ring (bicyclic) bond motifs is 7. The number of aliphatic hydroxyl groups is 1. The number of para-hydroxylation sites is 2. The Balaban J connectivity index is 0.000000153. The lowest BCUT2D eigenvalue weighted by Crippen LogP contribution is -2.44. The number of pyridine rings is 2. The number of carbonyl (C=O) groups is 1. The Labute approximate surface area is 282 Å². The van der Waals surface area contributed by atoms with Crippen molar-refractivity contribution in [2.45, 2.75) is 48.3 Å². The summed E-state index contributed by atoms with van der Waals surface area (Å²) in [4.78, 5) is 37.1. The van der Waals surface area contributed by atoms with Crippen molar-refractivity contribution in [3.63, 3.8) is 0 Å². The molecule has 47 heavy (non-hydrogen) atoms. The van der Waals surface area contributed by atoms with E-state index in [9.17, 15) is 14.7 Å². The third kappa shape index (κ3) is 5.61. The number of aromatic nitrogens is 2. The zero-order chi connectivity index (χ0) is 32.9. The molecule has 1 unspecified atom stereocenters. The van der Waals surface area contributed by atoms with Crippen LogP contribution < -0.4 is 10.5 Å². The number of anilines is 2. The van der Waals surface area contributed by atoms with Crippen molar-refractivity contribution in [3.05, 3.63) is 111 Å². The van der Waals surface area contributed by atoms with E-state index in [4.69, 9.17) is 21.3 Å². The molecule has 0 aliphatic carbocycles. The smallest absolute Gasteiger partial charge is 0.343 e. The summed E-state index contributed by atoms with van der Waals surface area (Å²) in [5.41, 5.74) is 4.33. The van der Waals surface area contributed by atoms with Gasteiger partial charge in [-0.2, -0.15) is 0 Å². The van der Waals surface area contributed by atoms with Crippen LogP contribution in [0.2, 0.25) is 5.02 Å². The van der Waals surface area contributed by atoms with Gasteiger partial charge >= 0.3 is 5.97 Å². The molecule has 5 heterocycles. The number of carbonyl (C=O) groups excluding carboxylic acids is 1. The van der Waals surface area contributed by atoms with Gasteiger partial charge in [-0.15, -0.1) is 0 Å². The number of hydrogen-bond donors (Lipinski definition) is 1. The van der Waals surface area contributed by atoms with Gasteiger partial charge in [0, 0.05) is 37.9 Å². The first-order chi connectivity index (χ1) is 22.7. The number of hydrogen-bond acceptors (Lipinski definition) is 8. The first-order valence-corrected chi connectivity index (χ1v) is 16.9. The molecule has 0 radical (unpaired) electrons. The van der Waals surface area contributed by atoms with Crippen LogP contribution in [0.3, 0.4) is 0 Å². The van der Waals surface area contributed by atoms with Gasteiger partial charge in [-0.05, 0) is 82.0 Å². The Morgan fingerprint density at radius 1 is 1.00 bits per heavy atom. The molecule has 0 amide bonds. The van der Waals surface area contributed by atoms with Crippen molar-refractivity contribution in [1.29, 1.82) is 0 Å². The number of ether oxygens (including phenoxy) is 1. The van der Waals surface area contributed by atoms with Gasteiger partial charge in [-0.1, -0.05) is 60.6 Å². The summed E-state index contributed by atoms with van der Waals surface area (Å²) in [5, 5.41) is 12.6. The predicted molar refractivity (Wildman–Crippen MR) is 187 cm³/mol. The summed E-state index contributed by atoms with van der Waals surface area (Å²) >= 11 is 8.03. The molecule has 3 aromatic carbocycles. The third-order valence-electron chi connectivity index (χ3n) is 8.99. The zero-order valence-corrected chi connectivity index (χ0v) is 28.1. The van der Waals surface area contributed by atoms with Crippen LogP contribution in [0.1, 0.15) is 36.5 Å². The van der Waals surface area contributed by atoms with Gasteiger partial charge in [0.2, 0.25) is 0 Å². The van der Waals surface area contributed by atoms with E-state index in [1.54, 1.807) is 17.6 Å². The first kappa shape index (κ1) is 31.4. The predicted octanol–water partition coefficient (Wildman–Crippen LogP) is 6.97. The molecule has 8 nitrogen and oxygen atoms in total. The number of esters is 1. The van der Waals surface area contributed by atoms with Gasteiger partial charge in [0.05, 0.1) is 40.4 Å². The number of benzene rings is 3. The molecule has 1 N–H and O–H groups in total. The highest BCUT2D eigenvalue weighted by atomic mass is 35.5. The molecule has 3 aliphatic heterocycles. The standard InChI is InChI=1S/C20H16N2O4.C17H19ClN2S/c1-2-20(25)14-8-16-17-12(7-11-5-3-4-6-15(11)21-17)9-22(16)18(23)13(14)10-26-19(20)24;1-19(2)10-5-11-20-14-6-3-4-7-16(14)21-17-9-8-13(18)12-15(17)20/h3-8,25H,2,9-10H2,1H3;3-4,6-9,12H,5,10-11H2,1-2H3. The van der Waals surface area contributed by atoms with Crippen molar-refractivity contribution in [2.24, 2.45) is 0 Å². The van der Waals surface area contributed by atoms with E-state index in [1.807, 2.05) is 48.2 Å². The Bertz CT molecular complexity index is 2100. The molecule has 0 saturated carbocycles. The highest BCUT2D eigenvalue weighted by Gasteiger charge is 2.45. The summed E-state index contributed by atoms with van der Waals surface area (Å²) < 4.78 is 6.72. The SMILES string of the molecule is CCC1(O)C(=O)OCc2c1cc1n(c2=O)Cc2cc3ccccc3nc2-1.CN(C)CCCN1c2ccccc2Sc2ccc(Cl)cc21. The summed E-state index contributed by atoms with van der Waals surface area (Å²) in [7, 11) is 4.23. The van der Waals surface area contributed by atoms with E-state index >= 15 is 0 Å². The van der Waals surface area contributed by atoms with Crippen molar-refractivity contribution in [3.8, 4) is 11.4 Å². The van der Waals surface area contributed by atoms with E-state index in [0.29, 0.717) is 23.4 Å². The first-order valence-electron chi connectivity index (χ1n) is 15.7. The number of rotatable bonds is 5. The van der Waals surface area contributed by atoms with Crippen LogP contribution >= 0.6 is 23.4 Å². The van der Waals surface area contributed by atoms with E-state index in [-0.39, 0.29) is 18.6 Å². The van der Waals surface area contributed by atoms with Crippen LogP contribution in [0, 0.1) is 0 Å². The van der Waals surface area contributed by atoms with Crippen LogP contribution in [0.25, 0.3) is 22.3 Å². The highest BCUT2D eigenvalue weighted by Crippen LogP contribution is 2.48. The Kier molecular flexibility index (Phi) is 8.34. The van der Waals surface area contributed by atoms with Crippen LogP contribution in [0.4, 0.5) is 11.4 Å². The van der Waals surface area contributed by atoms with Gasteiger partial charge in [-0.3, -0.25) is 4.79 Å². The fourth-order valence-electron chi connectivity index (χ4n) is 6.51. The molecule has 2 aromatic heterocycles. The minimum absolute atomic E-state index is 0.110. The quantitative estimate of drug-likeness (QED) is 0.197. The van der Waals surface area contributed by atoms with Crippen LogP contribution in [-0.2, 0) is 28.3 Å². The molecule has 240 valence electrons. The average molecular weight is 667 g/mol. The van der Waals surface area contributed by atoms with Gasteiger partial charge in [-0.25, -0.2) is 9.78 Å². The maximum Gasteiger partial charge on any atom is 0.343 e. The molecule has 5 aromatic rings. The number of nitrogens with zero attached hydrogens (tertiary/aromatic N) is 4. The molecular formula is C37H35ClN4O4S. The zero-order valence-electron chi connectivity index (χ0n) is 26.5. The Hall–Kier alpha value is -4.15. The minimum atomic E-state index is -1.79. The van der Waals surface area contributed by atoms with Gasteiger partial charge in [0.25, 0.3) is 5.56 Å². The number of halogens is 1. The van der Waals surface area contributed by atoms with Crippen molar-refractivity contribution in [1.82, 2.24) is 14.5 Å². The Morgan fingerprint density at radius 3 is 2.57 bits per heavy atom. The summed E-state index contributed by atoms with van der Waals surface area (Å²) in [6.07, 6.45) is 1.26. The second-order valence-corrected chi connectivity index (χ2v) is 13.8. The summed E-state index contributed by atoms with van der Waals surface area (Å²) in [6, 6.07) is 26.3. The molecule has 10 heteroatoms. The lowest BCUT2D eigenvalue weighted by molar-refractivity contribution is -0.172. The van der Waals surface area contributed by atoms with Crippen molar-refractivity contribution < 1.29 is 14.6 Å². The monoisotopic (exact) mass is 666 g/mol. The fraction of sp³-hybridized carbons (Fsp3) is 0.270. The Morgan fingerprint density at radius 2 is 1.77 bits per heavy atom. The lowest BCUT2D eigenvalue weighted by Gasteiger charge is -2.33. The van der Waals surface area contributed by atoms with Crippen LogP contribution in [0.5, 0.6) is 0 Å². The molecule has 0 saturated heterocycles. The topological polar surface area (TPSA) is 87.9 Å². The average Bonchev–Trinajstić information content (AvgIpc) is 3.43.